The van der Waals surface area contributed by atoms with Gasteiger partial charge in [-0.2, -0.15) is 5.26 Å². The molecule has 1 N–H and O–H groups in total. The summed E-state index contributed by atoms with van der Waals surface area (Å²) in [5, 5.41) is 12.4. The highest BCUT2D eigenvalue weighted by Gasteiger charge is 2.20. The van der Waals surface area contributed by atoms with Gasteiger partial charge in [-0.25, -0.2) is 9.97 Å². The summed E-state index contributed by atoms with van der Waals surface area (Å²) >= 11 is 1.46. The third-order valence-corrected chi connectivity index (χ3v) is 5.84. The number of hydrogen-bond donors (Lipinski definition) is 1. The molecular formula is C22H21N5OS. The Bertz CT molecular complexity index is 1030. The number of aromatic nitrogens is 2. The Labute approximate surface area is 173 Å². The predicted octanol–water partition coefficient (Wildman–Crippen LogP) is 4.24. The maximum atomic E-state index is 12.9. The number of piperidine rings is 1. The molecule has 3 heterocycles. The van der Waals surface area contributed by atoms with E-state index in [1.54, 1.807) is 18.5 Å². The molecule has 4 rings (SSSR count). The minimum atomic E-state index is -0.182. The monoisotopic (exact) mass is 403 g/mol. The molecule has 1 amide bonds. The highest BCUT2D eigenvalue weighted by atomic mass is 32.1. The quantitative estimate of drug-likeness (QED) is 0.689. The highest BCUT2D eigenvalue weighted by molar-refractivity contribution is 7.15. The lowest BCUT2D eigenvalue weighted by Crippen LogP contribution is -2.32. The summed E-state index contributed by atoms with van der Waals surface area (Å²) in [7, 11) is 0. The second-order valence-corrected chi connectivity index (χ2v) is 8.11. The van der Waals surface area contributed by atoms with Crippen molar-refractivity contribution in [3.63, 3.8) is 0 Å². The maximum absolute atomic E-state index is 12.9. The number of amides is 1. The minimum Gasteiger partial charge on any atom is -0.356 e. The van der Waals surface area contributed by atoms with E-state index in [0.717, 1.165) is 42.2 Å². The van der Waals surface area contributed by atoms with Crippen LogP contribution in [0.4, 0.5) is 10.9 Å². The van der Waals surface area contributed by atoms with Gasteiger partial charge in [-0.05, 0) is 49.1 Å². The van der Waals surface area contributed by atoms with E-state index in [0.29, 0.717) is 22.7 Å². The van der Waals surface area contributed by atoms with Crippen LogP contribution >= 0.6 is 11.3 Å². The van der Waals surface area contributed by atoms with E-state index in [-0.39, 0.29) is 5.91 Å². The number of rotatable bonds is 5. The third-order valence-electron chi connectivity index (χ3n) is 4.92. The van der Waals surface area contributed by atoms with Crippen LogP contribution in [0, 0.1) is 11.3 Å². The topological polar surface area (TPSA) is 81.9 Å². The Morgan fingerprint density at radius 1 is 1.14 bits per heavy atom. The average Bonchev–Trinajstić information content (AvgIpc) is 3.21. The normalized spacial score (nSPS) is 13.7. The summed E-state index contributed by atoms with van der Waals surface area (Å²) in [6, 6.07) is 13.2. The zero-order chi connectivity index (χ0) is 20.1. The molecule has 0 atom stereocenters. The van der Waals surface area contributed by atoms with Crippen molar-refractivity contribution in [2.45, 2.75) is 25.7 Å². The summed E-state index contributed by atoms with van der Waals surface area (Å²) in [6.45, 7) is 1.87. The van der Waals surface area contributed by atoms with Gasteiger partial charge >= 0.3 is 0 Å². The molecular weight excluding hydrogens is 382 g/mol. The van der Waals surface area contributed by atoms with Crippen LogP contribution in [0.2, 0.25) is 0 Å². The summed E-state index contributed by atoms with van der Waals surface area (Å²) < 4.78 is 0. The van der Waals surface area contributed by atoms with Gasteiger partial charge in [0, 0.05) is 36.8 Å². The first-order chi connectivity index (χ1) is 14.2. The van der Waals surface area contributed by atoms with Crippen LogP contribution in [0.3, 0.4) is 0 Å². The van der Waals surface area contributed by atoms with Crippen LogP contribution in [0.25, 0.3) is 0 Å². The Kier molecular flexibility index (Phi) is 5.82. The Morgan fingerprint density at radius 2 is 1.93 bits per heavy atom. The fourth-order valence-electron chi connectivity index (χ4n) is 3.44. The van der Waals surface area contributed by atoms with Gasteiger partial charge in [-0.1, -0.05) is 12.1 Å². The molecule has 1 aliphatic rings. The highest BCUT2D eigenvalue weighted by Crippen LogP contribution is 2.25. The molecule has 29 heavy (non-hydrogen) atoms. The summed E-state index contributed by atoms with van der Waals surface area (Å²) in [5.74, 6) is 0.567. The van der Waals surface area contributed by atoms with Crippen LogP contribution < -0.4 is 10.2 Å². The van der Waals surface area contributed by atoms with Gasteiger partial charge in [0.05, 0.1) is 17.2 Å². The van der Waals surface area contributed by atoms with Gasteiger partial charge in [0.15, 0.2) is 5.13 Å². The average molecular weight is 404 g/mol. The third kappa shape index (κ3) is 4.61. The van der Waals surface area contributed by atoms with Crippen LogP contribution in [0.1, 0.15) is 45.6 Å². The van der Waals surface area contributed by atoms with Gasteiger partial charge in [-0.15, -0.1) is 11.3 Å². The first-order valence-corrected chi connectivity index (χ1v) is 10.5. The van der Waals surface area contributed by atoms with Crippen LogP contribution in [0.15, 0.2) is 48.8 Å². The maximum Gasteiger partial charge on any atom is 0.261 e. The number of benzene rings is 1. The van der Waals surface area contributed by atoms with E-state index >= 15 is 0 Å². The van der Waals surface area contributed by atoms with Crippen molar-refractivity contribution in [1.29, 1.82) is 5.26 Å². The number of nitrogens with zero attached hydrogens (tertiary/aromatic N) is 4. The Morgan fingerprint density at radius 3 is 2.69 bits per heavy atom. The molecule has 0 bridgehead atoms. The molecule has 146 valence electrons. The fourth-order valence-corrected chi connectivity index (χ4v) is 4.28. The number of carbonyl (C=O) groups is 1. The summed E-state index contributed by atoms with van der Waals surface area (Å²) in [6.07, 6.45) is 7.72. The molecule has 0 radical (unpaired) electrons. The van der Waals surface area contributed by atoms with Gasteiger partial charge in [0.25, 0.3) is 5.91 Å². The standard InChI is InChI=1S/C22H21N5OS/c23-14-17-8-6-16(7-9-17)13-18-15-25-22(29-18)26-21(28)19-5-4-10-24-20(19)27-11-2-1-3-12-27/h4-10,15H,1-3,11-13H2,(H,25,26,28). The number of nitriles is 1. The predicted molar refractivity (Wildman–Crippen MR) is 114 cm³/mol. The van der Waals surface area contributed by atoms with E-state index < -0.39 is 0 Å². The van der Waals surface area contributed by atoms with E-state index in [4.69, 9.17) is 5.26 Å². The first-order valence-electron chi connectivity index (χ1n) is 9.68. The van der Waals surface area contributed by atoms with Crippen LogP contribution in [0.5, 0.6) is 0 Å². The van der Waals surface area contributed by atoms with E-state index in [1.165, 1.54) is 17.8 Å². The lowest BCUT2D eigenvalue weighted by molar-refractivity contribution is 0.102. The SMILES string of the molecule is N#Cc1ccc(Cc2cnc(NC(=O)c3cccnc3N3CCCCC3)s2)cc1. The second kappa shape index (κ2) is 8.84. The lowest BCUT2D eigenvalue weighted by atomic mass is 10.1. The van der Waals surface area contributed by atoms with E-state index in [1.807, 2.05) is 30.3 Å². The van der Waals surface area contributed by atoms with Gasteiger partial charge in [-0.3, -0.25) is 10.1 Å². The molecule has 1 aromatic carbocycles. The molecule has 7 heteroatoms. The number of nitrogens with one attached hydrogen (secondary N) is 1. The van der Waals surface area contributed by atoms with Gasteiger partial charge in [0.1, 0.15) is 5.82 Å². The molecule has 1 aliphatic heterocycles. The van der Waals surface area contributed by atoms with Crippen molar-refractivity contribution in [1.82, 2.24) is 9.97 Å². The minimum absolute atomic E-state index is 0.182. The van der Waals surface area contributed by atoms with E-state index in [2.05, 4.69) is 26.3 Å². The zero-order valence-corrected chi connectivity index (χ0v) is 16.8. The zero-order valence-electron chi connectivity index (χ0n) is 16.0. The molecule has 0 spiro atoms. The Hall–Kier alpha value is -3.24. The largest absolute Gasteiger partial charge is 0.356 e. The van der Waals surface area contributed by atoms with E-state index in [9.17, 15) is 4.79 Å². The van der Waals surface area contributed by atoms with Crippen LogP contribution in [-0.2, 0) is 6.42 Å². The summed E-state index contributed by atoms with van der Waals surface area (Å²) in [4.78, 5) is 24.9. The number of anilines is 2. The lowest BCUT2D eigenvalue weighted by Gasteiger charge is -2.28. The number of thiazole rings is 1. The molecule has 6 nitrogen and oxygen atoms in total. The van der Waals surface area contributed by atoms with Crippen LogP contribution in [-0.4, -0.2) is 29.0 Å². The van der Waals surface area contributed by atoms with Crippen molar-refractivity contribution >= 4 is 28.2 Å². The molecule has 0 unspecified atom stereocenters. The van der Waals surface area contributed by atoms with Crippen molar-refractivity contribution in [2.75, 3.05) is 23.3 Å². The molecule has 2 aromatic heterocycles. The first kappa shape index (κ1) is 19.1. The smallest absolute Gasteiger partial charge is 0.261 e. The Balaban J connectivity index is 1.45. The second-order valence-electron chi connectivity index (χ2n) is 6.99. The van der Waals surface area contributed by atoms with Crippen molar-refractivity contribution in [3.05, 3.63) is 70.4 Å². The molecule has 3 aromatic rings. The summed E-state index contributed by atoms with van der Waals surface area (Å²) in [5.41, 5.74) is 2.33. The van der Waals surface area contributed by atoms with Crippen molar-refractivity contribution in [3.8, 4) is 6.07 Å². The molecule has 0 aliphatic carbocycles. The molecule has 1 fully saturated rings. The van der Waals surface area contributed by atoms with Crippen molar-refractivity contribution in [2.24, 2.45) is 0 Å². The van der Waals surface area contributed by atoms with Gasteiger partial charge < -0.3 is 4.90 Å². The fraction of sp³-hybridized carbons (Fsp3) is 0.273. The number of carbonyl (C=O) groups excluding carboxylic acids is 1. The number of pyridine rings is 1. The molecule has 1 saturated heterocycles. The molecule has 0 saturated carbocycles. The van der Waals surface area contributed by atoms with Gasteiger partial charge in [0.2, 0.25) is 0 Å². The van der Waals surface area contributed by atoms with Crippen molar-refractivity contribution < 1.29 is 4.79 Å². The number of hydrogen-bond acceptors (Lipinski definition) is 6.